The maximum absolute atomic E-state index is 12.3. The summed E-state index contributed by atoms with van der Waals surface area (Å²) >= 11 is 1.61. The molecule has 1 N–H and O–H groups in total. The van der Waals surface area contributed by atoms with Gasteiger partial charge in [0, 0.05) is 11.4 Å². The van der Waals surface area contributed by atoms with Gasteiger partial charge in [-0.1, -0.05) is 20.8 Å². The summed E-state index contributed by atoms with van der Waals surface area (Å²) in [6.45, 7) is 9.09. The Kier molecular flexibility index (Phi) is 3.20. The Morgan fingerprint density at radius 2 is 2.25 bits per heavy atom. The smallest absolute Gasteiger partial charge is 0.226 e. The second kappa shape index (κ2) is 4.55. The van der Waals surface area contributed by atoms with Crippen molar-refractivity contribution in [1.29, 1.82) is 0 Å². The predicted octanol–water partition coefficient (Wildman–Crippen LogP) is 3.33. The molecule has 3 unspecified atom stereocenters. The van der Waals surface area contributed by atoms with Crippen molar-refractivity contribution in [3.8, 4) is 0 Å². The molecule has 4 heteroatoms. The lowest BCUT2D eigenvalue weighted by Crippen LogP contribution is -2.47. The van der Waals surface area contributed by atoms with Gasteiger partial charge < -0.3 is 5.32 Å². The summed E-state index contributed by atoms with van der Waals surface area (Å²) < 4.78 is 0. The van der Waals surface area contributed by atoms with Crippen LogP contribution in [0, 0.1) is 23.7 Å². The molecule has 2 bridgehead atoms. The van der Waals surface area contributed by atoms with Gasteiger partial charge in [-0.05, 0) is 42.9 Å². The minimum absolute atomic E-state index is 0.130. The Balaban J connectivity index is 1.66. The summed E-state index contributed by atoms with van der Waals surface area (Å²) in [5.41, 5.74) is 1.51. The van der Waals surface area contributed by atoms with Crippen molar-refractivity contribution in [3.63, 3.8) is 0 Å². The molecule has 0 aromatic carbocycles. The third kappa shape index (κ3) is 2.00. The number of hydrogen-bond acceptors (Lipinski definition) is 3. The average Bonchev–Trinajstić information content (AvgIpc) is 2.90. The molecule has 3 atom stereocenters. The lowest BCUT2D eigenvalue weighted by molar-refractivity contribution is -0.122. The fraction of sp³-hybridized carbons (Fsp3) is 0.750. The van der Waals surface area contributed by atoms with Crippen LogP contribution in [0.1, 0.15) is 50.7 Å². The van der Waals surface area contributed by atoms with Crippen LogP contribution in [0.2, 0.25) is 0 Å². The molecule has 2 aliphatic rings. The van der Waals surface area contributed by atoms with E-state index in [1.807, 2.05) is 12.3 Å². The van der Waals surface area contributed by atoms with Crippen molar-refractivity contribution in [2.75, 3.05) is 0 Å². The minimum atomic E-state index is 0.130. The number of aromatic nitrogens is 1. The highest BCUT2D eigenvalue weighted by molar-refractivity contribution is 7.09. The van der Waals surface area contributed by atoms with Gasteiger partial charge in [0.2, 0.25) is 5.91 Å². The lowest BCUT2D eigenvalue weighted by atomic mass is 9.69. The van der Waals surface area contributed by atoms with Crippen molar-refractivity contribution in [1.82, 2.24) is 10.3 Å². The summed E-state index contributed by atoms with van der Waals surface area (Å²) in [7, 11) is 0. The van der Waals surface area contributed by atoms with Crippen molar-refractivity contribution >= 4 is 17.2 Å². The van der Waals surface area contributed by atoms with Crippen LogP contribution in [0.5, 0.6) is 0 Å². The summed E-state index contributed by atoms with van der Waals surface area (Å²) in [5.74, 6) is 0.893. The van der Waals surface area contributed by atoms with Gasteiger partial charge in [0.05, 0.1) is 17.1 Å². The number of fused-ring (bicyclic) bond motifs is 2. The molecule has 0 spiro atoms. The largest absolute Gasteiger partial charge is 0.352 e. The van der Waals surface area contributed by atoms with Crippen molar-refractivity contribution in [3.05, 3.63) is 16.1 Å². The zero-order valence-electron chi connectivity index (χ0n) is 12.8. The predicted molar refractivity (Wildman–Crippen MR) is 81.7 cm³/mol. The first-order chi connectivity index (χ1) is 9.33. The second-order valence-corrected chi connectivity index (χ2v) is 8.33. The Morgan fingerprint density at radius 1 is 1.50 bits per heavy atom. The molecule has 1 amide bonds. The standard InChI is InChI=1S/C16H24N2OS/c1-10-17-12(9-20-10)8-14(19)18-13-7-11-5-6-16(13,4)15(11,2)3/h9,11,13H,5-8H2,1-4H3,(H,18,19). The molecule has 0 radical (unpaired) electrons. The number of nitrogens with one attached hydrogen (secondary N) is 1. The van der Waals surface area contributed by atoms with E-state index >= 15 is 0 Å². The maximum Gasteiger partial charge on any atom is 0.226 e. The number of hydrogen-bond donors (Lipinski definition) is 1. The molecule has 2 saturated carbocycles. The van der Waals surface area contributed by atoms with Gasteiger partial charge in [-0.2, -0.15) is 0 Å². The van der Waals surface area contributed by atoms with Crippen LogP contribution in [0.4, 0.5) is 0 Å². The first-order valence-corrected chi connectivity index (χ1v) is 8.41. The molecule has 1 aromatic rings. The molecule has 0 saturated heterocycles. The first-order valence-electron chi connectivity index (χ1n) is 7.53. The monoisotopic (exact) mass is 292 g/mol. The average molecular weight is 292 g/mol. The van der Waals surface area contributed by atoms with Gasteiger partial charge in [0.1, 0.15) is 0 Å². The molecule has 2 fully saturated rings. The number of amides is 1. The first kappa shape index (κ1) is 14.1. The summed E-state index contributed by atoms with van der Waals surface area (Å²) in [6, 6.07) is 0.337. The van der Waals surface area contributed by atoms with Gasteiger partial charge in [0.15, 0.2) is 0 Å². The maximum atomic E-state index is 12.3. The Labute approximate surface area is 125 Å². The van der Waals surface area contributed by atoms with E-state index in [0.29, 0.717) is 17.9 Å². The SMILES string of the molecule is Cc1nc(CC(=O)NC2CC3CCC2(C)C3(C)C)cs1. The van der Waals surface area contributed by atoms with Crippen LogP contribution >= 0.6 is 11.3 Å². The van der Waals surface area contributed by atoms with Crippen LogP contribution < -0.4 is 5.32 Å². The summed E-state index contributed by atoms with van der Waals surface area (Å²) in [6.07, 6.45) is 4.12. The number of carbonyl (C=O) groups is 1. The fourth-order valence-electron chi connectivity index (χ4n) is 4.32. The topological polar surface area (TPSA) is 42.0 Å². The second-order valence-electron chi connectivity index (χ2n) is 7.27. The molecule has 3 nitrogen and oxygen atoms in total. The number of nitrogens with zero attached hydrogens (tertiary/aromatic N) is 1. The fourth-order valence-corrected chi connectivity index (χ4v) is 4.93. The number of thiazole rings is 1. The summed E-state index contributed by atoms with van der Waals surface area (Å²) in [5, 5.41) is 6.31. The molecular formula is C16H24N2OS. The highest BCUT2D eigenvalue weighted by Crippen LogP contribution is 2.65. The van der Waals surface area contributed by atoms with Crippen LogP contribution in [0.15, 0.2) is 5.38 Å². The molecule has 20 heavy (non-hydrogen) atoms. The van der Waals surface area contributed by atoms with E-state index < -0.39 is 0 Å². The third-order valence-corrected chi connectivity index (χ3v) is 6.96. The van der Waals surface area contributed by atoms with Crippen LogP contribution in [-0.2, 0) is 11.2 Å². The Morgan fingerprint density at radius 3 is 2.75 bits per heavy atom. The molecule has 0 aliphatic heterocycles. The van der Waals surface area contributed by atoms with E-state index in [9.17, 15) is 4.79 Å². The Hall–Kier alpha value is -0.900. The van der Waals surface area contributed by atoms with Crippen molar-refractivity contribution < 1.29 is 4.79 Å². The van der Waals surface area contributed by atoms with Crippen LogP contribution in [-0.4, -0.2) is 16.9 Å². The van der Waals surface area contributed by atoms with Gasteiger partial charge in [0.25, 0.3) is 0 Å². The highest BCUT2D eigenvalue weighted by Gasteiger charge is 2.61. The number of aryl methyl sites for hydroxylation is 1. The van der Waals surface area contributed by atoms with E-state index in [1.54, 1.807) is 11.3 Å². The highest BCUT2D eigenvalue weighted by atomic mass is 32.1. The minimum Gasteiger partial charge on any atom is -0.352 e. The molecule has 1 heterocycles. The van der Waals surface area contributed by atoms with E-state index in [0.717, 1.165) is 23.0 Å². The van der Waals surface area contributed by atoms with E-state index in [1.165, 1.54) is 12.8 Å². The van der Waals surface area contributed by atoms with Crippen molar-refractivity contribution in [2.45, 2.75) is 59.4 Å². The zero-order chi connectivity index (χ0) is 14.5. The molecule has 1 aromatic heterocycles. The summed E-state index contributed by atoms with van der Waals surface area (Å²) in [4.78, 5) is 16.6. The van der Waals surface area contributed by atoms with Gasteiger partial charge in [-0.3, -0.25) is 4.79 Å². The number of rotatable bonds is 3. The van der Waals surface area contributed by atoms with Gasteiger partial charge in [-0.15, -0.1) is 11.3 Å². The third-order valence-electron chi connectivity index (χ3n) is 6.14. The van der Waals surface area contributed by atoms with Gasteiger partial charge in [-0.25, -0.2) is 4.98 Å². The molecule has 3 rings (SSSR count). The molecule has 2 aliphatic carbocycles. The quantitative estimate of drug-likeness (QED) is 0.928. The van der Waals surface area contributed by atoms with Crippen LogP contribution in [0.25, 0.3) is 0 Å². The lowest BCUT2D eigenvalue weighted by Gasteiger charge is -2.39. The Bertz CT molecular complexity index is 536. The van der Waals surface area contributed by atoms with Gasteiger partial charge >= 0.3 is 0 Å². The van der Waals surface area contributed by atoms with Crippen LogP contribution in [0.3, 0.4) is 0 Å². The normalized spacial score (nSPS) is 34.4. The van der Waals surface area contributed by atoms with E-state index in [2.05, 4.69) is 31.1 Å². The molecule has 110 valence electrons. The number of carbonyl (C=O) groups excluding carboxylic acids is 1. The molecular weight excluding hydrogens is 268 g/mol. The van der Waals surface area contributed by atoms with Crippen molar-refractivity contribution in [2.24, 2.45) is 16.7 Å². The van der Waals surface area contributed by atoms with E-state index in [4.69, 9.17) is 0 Å². The zero-order valence-corrected chi connectivity index (χ0v) is 13.6. The van der Waals surface area contributed by atoms with E-state index in [-0.39, 0.29) is 11.3 Å².